The lowest BCUT2D eigenvalue weighted by molar-refractivity contribution is 0.282. The van der Waals surface area contributed by atoms with Gasteiger partial charge in [-0.1, -0.05) is 6.07 Å². The number of nitrogens with one attached hydrogen (secondary N) is 1. The molecule has 4 nitrogen and oxygen atoms in total. The van der Waals surface area contributed by atoms with Crippen LogP contribution in [0.3, 0.4) is 0 Å². The molecule has 18 heavy (non-hydrogen) atoms. The monoisotopic (exact) mass is 303 g/mol. The molecule has 2 N–H and O–H groups in total. The van der Waals surface area contributed by atoms with Crippen LogP contribution in [0.1, 0.15) is 23.4 Å². The lowest BCUT2D eigenvalue weighted by atomic mass is 10.3. The van der Waals surface area contributed by atoms with Gasteiger partial charge in [-0.2, -0.15) is 0 Å². The van der Waals surface area contributed by atoms with Crippen LogP contribution in [-0.4, -0.2) is 13.5 Å². The summed E-state index contributed by atoms with van der Waals surface area (Å²) in [5, 5.41) is 12.5. The van der Waals surface area contributed by atoms with Gasteiger partial charge in [-0.05, 0) is 35.4 Å². The maximum absolute atomic E-state index is 12.1. The molecule has 0 saturated heterocycles. The second kappa shape index (κ2) is 5.50. The Kier molecular flexibility index (Phi) is 4.18. The Labute approximate surface area is 114 Å². The molecule has 0 spiro atoms. The van der Waals surface area contributed by atoms with Crippen molar-refractivity contribution in [2.75, 3.05) is 0 Å². The molecule has 0 fully saturated rings. The standard InChI is InChI=1S/C11H13NO3S3/c1-8(10-3-2-4-16-10)12-18(14,15)11-5-9(6-13)7-17-11/h2-5,7-8,12-13H,6H2,1H3. The predicted molar refractivity (Wildman–Crippen MR) is 73.3 cm³/mol. The van der Waals surface area contributed by atoms with Crippen molar-refractivity contribution in [2.45, 2.75) is 23.8 Å². The molecule has 0 radical (unpaired) electrons. The average Bonchev–Trinajstić information content (AvgIpc) is 3.00. The van der Waals surface area contributed by atoms with Gasteiger partial charge in [0.05, 0.1) is 12.6 Å². The van der Waals surface area contributed by atoms with Gasteiger partial charge >= 0.3 is 0 Å². The zero-order valence-corrected chi connectivity index (χ0v) is 12.1. The third-order valence-electron chi connectivity index (χ3n) is 2.38. The Morgan fingerprint density at radius 3 is 2.78 bits per heavy atom. The van der Waals surface area contributed by atoms with Crippen LogP contribution in [0.25, 0.3) is 0 Å². The van der Waals surface area contributed by atoms with Crippen LogP contribution < -0.4 is 4.72 Å². The minimum atomic E-state index is -3.51. The number of aliphatic hydroxyl groups excluding tert-OH is 1. The largest absolute Gasteiger partial charge is 0.392 e. The lowest BCUT2D eigenvalue weighted by Crippen LogP contribution is -2.25. The Hall–Kier alpha value is -0.730. The SMILES string of the molecule is CC(NS(=O)(=O)c1cc(CO)cs1)c1cccs1. The van der Waals surface area contributed by atoms with E-state index in [1.165, 1.54) is 17.4 Å². The van der Waals surface area contributed by atoms with Crippen LogP contribution in [0.15, 0.2) is 33.2 Å². The van der Waals surface area contributed by atoms with E-state index in [9.17, 15) is 8.42 Å². The minimum Gasteiger partial charge on any atom is -0.392 e. The van der Waals surface area contributed by atoms with Crippen molar-refractivity contribution in [3.63, 3.8) is 0 Å². The molecule has 0 aliphatic carbocycles. The fourth-order valence-electron chi connectivity index (χ4n) is 1.46. The molecule has 0 saturated carbocycles. The van der Waals surface area contributed by atoms with Crippen molar-refractivity contribution in [1.29, 1.82) is 0 Å². The van der Waals surface area contributed by atoms with Crippen molar-refractivity contribution in [1.82, 2.24) is 4.72 Å². The Morgan fingerprint density at radius 2 is 2.22 bits per heavy atom. The summed E-state index contributed by atoms with van der Waals surface area (Å²) in [5.41, 5.74) is 0.615. The summed E-state index contributed by atoms with van der Waals surface area (Å²) in [7, 11) is -3.51. The summed E-state index contributed by atoms with van der Waals surface area (Å²) in [4.78, 5) is 0.970. The van der Waals surface area contributed by atoms with Crippen molar-refractivity contribution in [2.24, 2.45) is 0 Å². The van der Waals surface area contributed by atoms with E-state index in [1.54, 1.807) is 5.38 Å². The van der Waals surface area contributed by atoms with Gasteiger partial charge in [-0.15, -0.1) is 22.7 Å². The molecule has 0 bridgehead atoms. The Bertz CT molecular complexity index is 601. The highest BCUT2D eigenvalue weighted by atomic mass is 32.2. The highest BCUT2D eigenvalue weighted by Gasteiger charge is 2.20. The maximum Gasteiger partial charge on any atom is 0.250 e. The number of rotatable bonds is 5. The molecular formula is C11H13NO3S3. The molecule has 1 unspecified atom stereocenters. The lowest BCUT2D eigenvalue weighted by Gasteiger charge is -2.11. The Balaban J connectivity index is 2.17. The molecule has 2 heterocycles. The number of thiophene rings is 2. The molecule has 0 aromatic carbocycles. The van der Waals surface area contributed by atoms with E-state index in [0.29, 0.717) is 5.56 Å². The maximum atomic E-state index is 12.1. The first-order valence-corrected chi connectivity index (χ1v) is 8.51. The van der Waals surface area contributed by atoms with Gasteiger partial charge < -0.3 is 5.11 Å². The van der Waals surface area contributed by atoms with Crippen LogP contribution in [-0.2, 0) is 16.6 Å². The molecule has 2 rings (SSSR count). The fourth-order valence-corrected chi connectivity index (χ4v) is 4.71. The summed E-state index contributed by atoms with van der Waals surface area (Å²) in [6, 6.07) is 5.02. The summed E-state index contributed by atoms with van der Waals surface area (Å²) in [5.74, 6) is 0. The van der Waals surface area contributed by atoms with E-state index in [4.69, 9.17) is 5.11 Å². The molecule has 2 aromatic rings. The molecule has 1 atom stereocenters. The van der Waals surface area contributed by atoms with Crippen LogP contribution in [0.4, 0.5) is 0 Å². The van der Waals surface area contributed by atoms with E-state index in [2.05, 4.69) is 4.72 Å². The average molecular weight is 303 g/mol. The van der Waals surface area contributed by atoms with Gasteiger partial charge in [0, 0.05) is 4.88 Å². The quantitative estimate of drug-likeness (QED) is 0.891. The first-order chi connectivity index (χ1) is 8.53. The molecular weight excluding hydrogens is 290 g/mol. The van der Waals surface area contributed by atoms with Crippen molar-refractivity contribution >= 4 is 32.7 Å². The van der Waals surface area contributed by atoms with E-state index in [0.717, 1.165) is 16.2 Å². The summed E-state index contributed by atoms with van der Waals surface area (Å²) < 4.78 is 27.0. The molecule has 98 valence electrons. The summed E-state index contributed by atoms with van der Waals surface area (Å²) in [6.45, 7) is 1.66. The van der Waals surface area contributed by atoms with Crippen LogP contribution in [0.2, 0.25) is 0 Å². The van der Waals surface area contributed by atoms with Gasteiger partial charge in [-0.3, -0.25) is 0 Å². The van der Waals surface area contributed by atoms with E-state index in [1.807, 2.05) is 24.4 Å². The first kappa shape index (κ1) is 13.7. The highest BCUT2D eigenvalue weighted by Crippen LogP contribution is 2.24. The van der Waals surface area contributed by atoms with Gasteiger partial charge in [0.25, 0.3) is 10.0 Å². The molecule has 7 heteroatoms. The van der Waals surface area contributed by atoms with Crippen LogP contribution >= 0.6 is 22.7 Å². The summed E-state index contributed by atoms with van der Waals surface area (Å²) >= 11 is 2.63. The van der Waals surface area contributed by atoms with E-state index in [-0.39, 0.29) is 16.9 Å². The first-order valence-electron chi connectivity index (χ1n) is 5.27. The van der Waals surface area contributed by atoms with Crippen molar-refractivity contribution < 1.29 is 13.5 Å². The molecule has 2 aromatic heterocycles. The third kappa shape index (κ3) is 2.99. The van der Waals surface area contributed by atoms with E-state index >= 15 is 0 Å². The normalized spacial score (nSPS) is 13.7. The topological polar surface area (TPSA) is 66.4 Å². The smallest absolute Gasteiger partial charge is 0.250 e. The van der Waals surface area contributed by atoms with Gasteiger partial charge in [0.2, 0.25) is 0 Å². The molecule has 0 aliphatic rings. The second-order valence-corrected chi connectivity index (χ2v) is 7.62. The number of hydrogen-bond donors (Lipinski definition) is 2. The summed E-state index contributed by atoms with van der Waals surface area (Å²) in [6.07, 6.45) is 0. The van der Waals surface area contributed by atoms with E-state index < -0.39 is 10.0 Å². The predicted octanol–water partition coefficient (Wildman–Crippen LogP) is 2.34. The van der Waals surface area contributed by atoms with Crippen molar-refractivity contribution in [3.05, 3.63) is 39.4 Å². The van der Waals surface area contributed by atoms with Crippen LogP contribution in [0.5, 0.6) is 0 Å². The van der Waals surface area contributed by atoms with Crippen molar-refractivity contribution in [3.8, 4) is 0 Å². The molecule has 0 aliphatic heterocycles. The zero-order valence-electron chi connectivity index (χ0n) is 9.66. The minimum absolute atomic E-state index is 0.146. The number of sulfonamides is 1. The second-order valence-electron chi connectivity index (χ2n) is 3.79. The van der Waals surface area contributed by atoms with Gasteiger partial charge in [0.15, 0.2) is 0 Å². The zero-order chi connectivity index (χ0) is 13.2. The number of hydrogen-bond acceptors (Lipinski definition) is 5. The van der Waals surface area contributed by atoms with Gasteiger partial charge in [0.1, 0.15) is 4.21 Å². The number of aliphatic hydroxyl groups is 1. The fraction of sp³-hybridized carbons (Fsp3) is 0.273. The molecule has 0 amide bonds. The van der Waals surface area contributed by atoms with Crippen LogP contribution in [0, 0.1) is 0 Å². The highest BCUT2D eigenvalue weighted by molar-refractivity contribution is 7.91. The third-order valence-corrected chi connectivity index (χ3v) is 6.46. The van der Waals surface area contributed by atoms with Gasteiger partial charge in [-0.25, -0.2) is 13.1 Å². The Morgan fingerprint density at radius 1 is 1.44 bits per heavy atom.